The van der Waals surface area contributed by atoms with E-state index in [9.17, 15) is 0 Å². The third-order valence-corrected chi connectivity index (χ3v) is 15.0. The molecule has 0 aliphatic heterocycles. The zero-order valence-electron chi connectivity index (χ0n) is 27.9. The Morgan fingerprint density at radius 3 is 1.17 bits per heavy atom. The maximum atomic E-state index is 6.03. The molecule has 4 unspecified atom stereocenters. The van der Waals surface area contributed by atoms with E-state index < -0.39 is 0 Å². The van der Waals surface area contributed by atoms with E-state index >= 15 is 0 Å². The number of fused-ring (bicyclic) bond motifs is 2. The number of rotatable bonds is 3. The van der Waals surface area contributed by atoms with Gasteiger partial charge in [0.25, 0.3) is 0 Å². The Bertz CT molecular complexity index is 2060. The van der Waals surface area contributed by atoms with Crippen molar-refractivity contribution in [1.82, 2.24) is 0 Å². The number of hydrogen-bond donors (Lipinski definition) is 0. The van der Waals surface area contributed by atoms with Crippen molar-refractivity contribution in [2.24, 2.45) is 34.5 Å². The molecule has 12 rings (SSSR count). The Hall–Kier alpha value is -4.36. The van der Waals surface area contributed by atoms with Crippen LogP contribution in [0.2, 0.25) is 0 Å². The lowest BCUT2D eigenvalue weighted by Crippen LogP contribution is -2.66. The molecule has 0 amide bonds. The summed E-state index contributed by atoms with van der Waals surface area (Å²) in [5.74, 6) is 14.8. The van der Waals surface area contributed by atoms with Gasteiger partial charge in [0.1, 0.15) is 0 Å². The molecule has 8 aliphatic carbocycles. The smallest absolute Gasteiger partial charge is 0.0405 e. The van der Waals surface area contributed by atoms with Crippen LogP contribution in [-0.4, -0.2) is 0 Å². The summed E-state index contributed by atoms with van der Waals surface area (Å²) in [5, 5.41) is 5.17. The third-order valence-electron chi connectivity index (χ3n) is 15.0. The molecule has 8 saturated carbocycles. The Labute approximate surface area is 286 Å². The quantitative estimate of drug-likeness (QED) is 0.201. The average molecular weight is 619 g/mol. The maximum absolute atomic E-state index is 6.03. The van der Waals surface area contributed by atoms with Crippen LogP contribution in [0.25, 0.3) is 21.5 Å². The van der Waals surface area contributed by atoms with E-state index in [4.69, 9.17) is 25.7 Å². The Balaban J connectivity index is 1.12. The van der Waals surface area contributed by atoms with Gasteiger partial charge in [-0.3, -0.25) is 0 Å². The molecule has 8 bridgehead atoms. The molecule has 4 aromatic carbocycles. The summed E-state index contributed by atoms with van der Waals surface area (Å²) in [6.45, 7) is 0. The van der Waals surface area contributed by atoms with Crippen LogP contribution in [0.15, 0.2) is 60.7 Å². The topological polar surface area (TPSA) is 0 Å². The third kappa shape index (κ3) is 3.68. The van der Waals surface area contributed by atoms with Crippen molar-refractivity contribution < 1.29 is 0 Å². The highest BCUT2D eigenvalue weighted by Crippen LogP contribution is 2.79. The molecule has 0 nitrogen and oxygen atoms in total. The van der Waals surface area contributed by atoms with Crippen LogP contribution in [0.1, 0.15) is 110 Å². The molecule has 0 heteroatoms. The predicted octanol–water partition coefficient (Wildman–Crippen LogP) is 10.3. The number of terminal acetylenes is 4. The summed E-state index contributed by atoms with van der Waals surface area (Å²) in [5.41, 5.74) is 7.74. The van der Waals surface area contributed by atoms with Gasteiger partial charge < -0.3 is 0 Å². The first-order valence-electron chi connectivity index (χ1n) is 18.3. The summed E-state index contributed by atoms with van der Waals surface area (Å²) >= 11 is 0. The number of benzene rings is 4. The van der Waals surface area contributed by atoms with Crippen LogP contribution in [0.4, 0.5) is 0 Å². The first-order chi connectivity index (χ1) is 23.3. The van der Waals surface area contributed by atoms with Gasteiger partial charge in [0.05, 0.1) is 0 Å². The fraction of sp³-hybridized carbons (Fsp3) is 0.417. The van der Waals surface area contributed by atoms with Gasteiger partial charge in [-0.25, -0.2) is 0 Å². The fourth-order valence-electron chi connectivity index (χ4n) is 14.4. The molecule has 8 aliphatic rings. The van der Waals surface area contributed by atoms with E-state index in [1.807, 2.05) is 0 Å². The van der Waals surface area contributed by atoms with Crippen LogP contribution >= 0.6 is 0 Å². The lowest BCUT2D eigenvalue weighted by Gasteiger charge is -2.74. The van der Waals surface area contributed by atoms with E-state index in [-0.39, 0.29) is 10.8 Å². The summed E-state index contributed by atoms with van der Waals surface area (Å²) in [6.07, 6.45) is 40.5. The Morgan fingerprint density at radius 2 is 0.812 bits per heavy atom. The highest BCUT2D eigenvalue weighted by atomic mass is 14.7. The minimum Gasteiger partial charge on any atom is -0.115 e. The Kier molecular flexibility index (Phi) is 5.74. The zero-order chi connectivity index (χ0) is 32.5. The van der Waals surface area contributed by atoms with Crippen molar-refractivity contribution in [3.63, 3.8) is 0 Å². The number of hydrogen-bond acceptors (Lipinski definition) is 0. The summed E-state index contributed by atoms with van der Waals surface area (Å²) in [7, 11) is 0. The van der Waals surface area contributed by atoms with E-state index in [1.54, 1.807) is 11.1 Å². The van der Waals surface area contributed by atoms with Crippen LogP contribution in [0, 0.1) is 83.9 Å². The zero-order valence-corrected chi connectivity index (χ0v) is 27.9. The maximum Gasteiger partial charge on any atom is 0.0405 e. The molecule has 234 valence electrons. The van der Waals surface area contributed by atoms with Gasteiger partial charge >= 0.3 is 0 Å². The standard InChI is InChI=1S/C48H42/c1-5-35-17-39-11-9-13-43(41(39)19-37(35)7-3)45-21-31-15-32(22-45)26-47(25-31,29-45)48-27-33-16-34(28-48)24-46(23-33,30-48)44-14-10-12-40-18-36(6-2)38(8-4)20-42(40)44/h1-4,9-14,17-20,31-34H,15-16,21-30H2. The van der Waals surface area contributed by atoms with Gasteiger partial charge in [-0.1, -0.05) is 60.1 Å². The van der Waals surface area contributed by atoms with Crippen molar-refractivity contribution >= 4 is 21.5 Å². The van der Waals surface area contributed by atoms with Crippen LogP contribution in [-0.2, 0) is 10.8 Å². The molecular weight excluding hydrogens is 577 g/mol. The molecule has 0 spiro atoms. The van der Waals surface area contributed by atoms with Gasteiger partial charge in [0, 0.05) is 22.3 Å². The highest BCUT2D eigenvalue weighted by Gasteiger charge is 2.70. The molecule has 0 heterocycles. The molecule has 48 heavy (non-hydrogen) atoms. The van der Waals surface area contributed by atoms with Crippen molar-refractivity contribution in [3.05, 3.63) is 94.0 Å². The van der Waals surface area contributed by atoms with E-state index in [0.717, 1.165) is 45.9 Å². The second kappa shape index (κ2) is 9.63. The monoisotopic (exact) mass is 618 g/mol. The van der Waals surface area contributed by atoms with Gasteiger partial charge in [-0.2, -0.15) is 0 Å². The molecule has 8 fully saturated rings. The summed E-state index contributed by atoms with van der Waals surface area (Å²) in [4.78, 5) is 0. The van der Waals surface area contributed by atoms with E-state index in [0.29, 0.717) is 10.8 Å². The second-order valence-electron chi connectivity index (χ2n) is 17.5. The largest absolute Gasteiger partial charge is 0.115 e. The van der Waals surface area contributed by atoms with E-state index in [1.165, 1.54) is 98.6 Å². The van der Waals surface area contributed by atoms with Crippen molar-refractivity contribution in [1.29, 1.82) is 0 Å². The fourth-order valence-corrected chi connectivity index (χ4v) is 14.4. The first-order valence-corrected chi connectivity index (χ1v) is 18.3. The second-order valence-corrected chi connectivity index (χ2v) is 17.5. The molecule has 0 aromatic heterocycles. The summed E-state index contributed by atoms with van der Waals surface area (Å²) < 4.78 is 0. The molecule has 0 N–H and O–H groups in total. The minimum atomic E-state index is 0.219. The SMILES string of the molecule is C#Cc1cc2cccc(C34CC5CC(C3)CC(C36CC7CC(CC(c8cccc9cc(C#C)c(C#C)cc89)(C7)C3)C6)(C5)C4)c2cc1C#C. The van der Waals surface area contributed by atoms with Crippen molar-refractivity contribution in [2.75, 3.05) is 0 Å². The molecule has 0 radical (unpaired) electrons. The van der Waals surface area contributed by atoms with Gasteiger partial charge in [-0.05, 0) is 179 Å². The molecule has 4 aromatic rings. The normalized spacial score (nSPS) is 36.8. The van der Waals surface area contributed by atoms with Gasteiger partial charge in [0.15, 0.2) is 0 Å². The first kappa shape index (κ1) is 28.6. The van der Waals surface area contributed by atoms with Crippen molar-refractivity contribution in [2.45, 2.75) is 87.9 Å². The van der Waals surface area contributed by atoms with Crippen LogP contribution in [0.5, 0.6) is 0 Å². The van der Waals surface area contributed by atoms with E-state index in [2.05, 4.69) is 84.3 Å². The minimum absolute atomic E-state index is 0.219. The lowest BCUT2D eigenvalue weighted by atomic mass is 9.30. The van der Waals surface area contributed by atoms with Crippen LogP contribution in [0.3, 0.4) is 0 Å². The summed E-state index contributed by atoms with van der Waals surface area (Å²) in [6, 6.07) is 22.8. The highest BCUT2D eigenvalue weighted by molar-refractivity contribution is 5.91. The molecular formula is C48H42. The Morgan fingerprint density at radius 1 is 0.458 bits per heavy atom. The lowest BCUT2D eigenvalue weighted by molar-refractivity contribution is -0.211. The predicted molar refractivity (Wildman–Crippen MR) is 197 cm³/mol. The van der Waals surface area contributed by atoms with Crippen LogP contribution < -0.4 is 0 Å². The van der Waals surface area contributed by atoms with Gasteiger partial charge in [0.2, 0.25) is 0 Å². The molecule has 4 atom stereocenters. The van der Waals surface area contributed by atoms with Gasteiger partial charge in [-0.15, -0.1) is 25.7 Å². The average Bonchev–Trinajstić information content (AvgIpc) is 3.08. The molecule has 0 saturated heterocycles. The van der Waals surface area contributed by atoms with Crippen molar-refractivity contribution in [3.8, 4) is 49.4 Å².